The van der Waals surface area contributed by atoms with Gasteiger partial charge < -0.3 is 20.3 Å². The van der Waals surface area contributed by atoms with E-state index in [1.165, 1.54) is 11.1 Å². The summed E-state index contributed by atoms with van der Waals surface area (Å²) in [5.41, 5.74) is 3.67. The van der Waals surface area contributed by atoms with Crippen LogP contribution < -0.4 is 15.5 Å². The highest BCUT2D eigenvalue weighted by Crippen LogP contribution is 2.24. The van der Waals surface area contributed by atoms with Crippen LogP contribution in [0.2, 0.25) is 0 Å². The number of ether oxygens (including phenoxy) is 1. The molecular weight excluding hydrogens is 396 g/mol. The molecule has 1 saturated heterocycles. The number of nitrogens with zero attached hydrogens (tertiary/aromatic N) is 4. The van der Waals surface area contributed by atoms with Gasteiger partial charge in [0.25, 0.3) is 0 Å². The standard InChI is InChI=1S/C22H30N6OS/c1-2-29-12-11-27-7-9-28(10-8-27)21-20(15-23-16-24-21)26-22(30)25-19-13-17-5-3-4-6-18(17)14-19/h3-6,15-16,19H,2,7-14H2,1H3,(H2,25,26,30). The third-order valence-electron chi connectivity index (χ3n) is 5.75. The maximum Gasteiger partial charge on any atom is 0.171 e. The van der Waals surface area contributed by atoms with Crippen LogP contribution in [-0.4, -0.2) is 72.0 Å². The molecule has 0 atom stereocenters. The Balaban J connectivity index is 1.31. The highest BCUT2D eigenvalue weighted by Gasteiger charge is 2.23. The Kier molecular flexibility index (Phi) is 7.09. The Hall–Kier alpha value is -2.29. The summed E-state index contributed by atoms with van der Waals surface area (Å²) < 4.78 is 5.48. The zero-order chi connectivity index (χ0) is 20.8. The maximum atomic E-state index is 5.60. The van der Waals surface area contributed by atoms with Crippen LogP contribution in [0.25, 0.3) is 0 Å². The minimum Gasteiger partial charge on any atom is -0.380 e. The lowest BCUT2D eigenvalue weighted by molar-refractivity contribution is 0.111. The Morgan fingerprint density at radius 2 is 1.90 bits per heavy atom. The van der Waals surface area contributed by atoms with Gasteiger partial charge in [0.15, 0.2) is 10.9 Å². The summed E-state index contributed by atoms with van der Waals surface area (Å²) >= 11 is 5.60. The van der Waals surface area contributed by atoms with Crippen molar-refractivity contribution in [2.45, 2.75) is 25.8 Å². The molecule has 4 rings (SSSR count). The predicted molar refractivity (Wildman–Crippen MR) is 124 cm³/mol. The van der Waals surface area contributed by atoms with Crippen molar-refractivity contribution in [1.29, 1.82) is 0 Å². The second-order valence-electron chi connectivity index (χ2n) is 7.76. The molecule has 0 unspecified atom stereocenters. The number of hydrogen-bond donors (Lipinski definition) is 2. The van der Waals surface area contributed by atoms with E-state index in [1.807, 2.05) is 6.92 Å². The van der Waals surface area contributed by atoms with Crippen molar-refractivity contribution < 1.29 is 4.74 Å². The quantitative estimate of drug-likeness (QED) is 0.515. The Morgan fingerprint density at radius 3 is 2.60 bits per heavy atom. The van der Waals surface area contributed by atoms with E-state index in [-0.39, 0.29) is 0 Å². The van der Waals surface area contributed by atoms with Gasteiger partial charge in [-0.05, 0) is 43.1 Å². The van der Waals surface area contributed by atoms with Gasteiger partial charge in [0.05, 0.1) is 12.8 Å². The third-order valence-corrected chi connectivity index (χ3v) is 5.97. The van der Waals surface area contributed by atoms with Gasteiger partial charge >= 0.3 is 0 Å². The summed E-state index contributed by atoms with van der Waals surface area (Å²) in [7, 11) is 0. The van der Waals surface area contributed by atoms with Crippen LogP contribution in [-0.2, 0) is 17.6 Å². The van der Waals surface area contributed by atoms with Crippen LogP contribution >= 0.6 is 12.2 Å². The van der Waals surface area contributed by atoms with E-state index in [1.54, 1.807) is 12.5 Å². The lowest BCUT2D eigenvalue weighted by Gasteiger charge is -2.36. The number of thiocarbonyl (C=S) groups is 1. The number of hydrogen-bond acceptors (Lipinski definition) is 6. The van der Waals surface area contributed by atoms with Crippen molar-refractivity contribution in [2.75, 3.05) is 56.2 Å². The first-order chi connectivity index (χ1) is 14.7. The van der Waals surface area contributed by atoms with Gasteiger partial charge in [0.2, 0.25) is 0 Å². The molecule has 1 aromatic heterocycles. The van der Waals surface area contributed by atoms with E-state index >= 15 is 0 Å². The molecule has 0 bridgehead atoms. The molecule has 2 aliphatic rings. The first-order valence-corrected chi connectivity index (χ1v) is 11.1. The van der Waals surface area contributed by atoms with E-state index in [2.05, 4.69) is 54.7 Å². The fourth-order valence-electron chi connectivity index (χ4n) is 4.19. The number of fused-ring (bicyclic) bond motifs is 1. The highest BCUT2D eigenvalue weighted by atomic mass is 32.1. The maximum absolute atomic E-state index is 5.60. The summed E-state index contributed by atoms with van der Waals surface area (Å²) in [4.78, 5) is 13.5. The van der Waals surface area contributed by atoms with Gasteiger partial charge in [-0.1, -0.05) is 24.3 Å². The molecule has 1 aliphatic carbocycles. The minimum atomic E-state index is 0.323. The second kappa shape index (κ2) is 10.1. The van der Waals surface area contributed by atoms with Gasteiger partial charge in [0.1, 0.15) is 12.0 Å². The molecule has 0 spiro atoms. The molecule has 0 radical (unpaired) electrons. The number of nitrogens with one attached hydrogen (secondary N) is 2. The molecule has 1 fully saturated rings. The highest BCUT2D eigenvalue weighted by molar-refractivity contribution is 7.80. The summed E-state index contributed by atoms with van der Waals surface area (Å²) in [5.74, 6) is 0.910. The Morgan fingerprint density at radius 1 is 1.17 bits per heavy atom. The van der Waals surface area contributed by atoms with Crippen LogP contribution in [0.15, 0.2) is 36.8 Å². The van der Waals surface area contributed by atoms with E-state index in [9.17, 15) is 0 Å². The smallest absolute Gasteiger partial charge is 0.171 e. The van der Waals surface area contributed by atoms with E-state index in [4.69, 9.17) is 17.0 Å². The van der Waals surface area contributed by atoms with Gasteiger partial charge in [-0.2, -0.15) is 0 Å². The SMILES string of the molecule is CCOCCN1CCN(c2ncncc2NC(=S)NC2Cc3ccccc3C2)CC1. The molecule has 8 heteroatoms. The fraction of sp³-hybridized carbons (Fsp3) is 0.500. The third kappa shape index (κ3) is 5.24. The fourth-order valence-corrected chi connectivity index (χ4v) is 4.47. The van der Waals surface area contributed by atoms with Crippen LogP contribution in [0, 0.1) is 0 Å². The molecule has 1 aliphatic heterocycles. The number of piperazine rings is 1. The minimum absolute atomic E-state index is 0.323. The number of anilines is 2. The van der Waals surface area contributed by atoms with Crippen LogP contribution in [0.4, 0.5) is 11.5 Å². The summed E-state index contributed by atoms with van der Waals surface area (Å²) in [6, 6.07) is 8.92. The Bertz CT molecular complexity index is 830. The number of rotatable bonds is 7. The lowest BCUT2D eigenvalue weighted by Crippen LogP contribution is -2.48. The van der Waals surface area contributed by atoms with Crippen molar-refractivity contribution in [3.63, 3.8) is 0 Å². The first kappa shape index (κ1) is 21.0. The monoisotopic (exact) mass is 426 g/mol. The lowest BCUT2D eigenvalue weighted by atomic mass is 10.1. The average molecular weight is 427 g/mol. The van der Waals surface area contributed by atoms with Gasteiger partial charge in [-0.25, -0.2) is 9.97 Å². The molecule has 2 N–H and O–H groups in total. The predicted octanol–water partition coefficient (Wildman–Crippen LogP) is 2.09. The topological polar surface area (TPSA) is 65.5 Å². The molecule has 0 amide bonds. The summed E-state index contributed by atoms with van der Waals surface area (Å²) in [6.45, 7) is 8.43. The molecule has 1 aromatic carbocycles. The van der Waals surface area contributed by atoms with Gasteiger partial charge in [-0.3, -0.25) is 4.90 Å². The van der Waals surface area contributed by atoms with Crippen LogP contribution in [0.5, 0.6) is 0 Å². The zero-order valence-electron chi connectivity index (χ0n) is 17.5. The van der Waals surface area contributed by atoms with Crippen LogP contribution in [0.1, 0.15) is 18.1 Å². The normalized spacial score (nSPS) is 17.0. The van der Waals surface area contributed by atoms with Crippen molar-refractivity contribution in [1.82, 2.24) is 20.2 Å². The van der Waals surface area contributed by atoms with E-state index in [0.717, 1.165) is 70.3 Å². The van der Waals surface area contributed by atoms with Crippen molar-refractivity contribution >= 4 is 28.8 Å². The zero-order valence-corrected chi connectivity index (χ0v) is 18.3. The van der Waals surface area contributed by atoms with Crippen LogP contribution in [0.3, 0.4) is 0 Å². The van der Waals surface area contributed by atoms with Gasteiger partial charge in [0, 0.05) is 45.4 Å². The van der Waals surface area contributed by atoms with Crippen molar-refractivity contribution in [3.05, 3.63) is 47.9 Å². The molecule has 30 heavy (non-hydrogen) atoms. The van der Waals surface area contributed by atoms with Crippen molar-refractivity contribution in [2.24, 2.45) is 0 Å². The summed E-state index contributed by atoms with van der Waals surface area (Å²) in [5, 5.41) is 7.42. The molecule has 0 saturated carbocycles. The van der Waals surface area contributed by atoms with Crippen molar-refractivity contribution in [3.8, 4) is 0 Å². The summed E-state index contributed by atoms with van der Waals surface area (Å²) in [6.07, 6.45) is 5.41. The number of benzene rings is 1. The molecular formula is C22H30N6OS. The van der Waals surface area contributed by atoms with Gasteiger partial charge in [-0.15, -0.1) is 0 Å². The molecule has 2 heterocycles. The number of aromatic nitrogens is 2. The molecule has 2 aromatic rings. The molecule has 7 nitrogen and oxygen atoms in total. The average Bonchev–Trinajstić information content (AvgIpc) is 3.17. The first-order valence-electron chi connectivity index (χ1n) is 10.7. The largest absolute Gasteiger partial charge is 0.380 e. The van der Waals surface area contributed by atoms with E-state index in [0.29, 0.717) is 11.2 Å². The van der Waals surface area contributed by atoms with E-state index < -0.39 is 0 Å². The molecule has 160 valence electrons. The second-order valence-corrected chi connectivity index (χ2v) is 8.17. The Labute approximate surface area is 183 Å².